The number of rotatable bonds is 8. The molecule has 0 aliphatic rings. The first-order valence-corrected chi connectivity index (χ1v) is 10.4. The second-order valence-electron chi connectivity index (χ2n) is 6.28. The molecule has 0 spiro atoms. The number of halogens is 1. The Morgan fingerprint density at radius 1 is 0.852 bits per heavy atom. The third-order valence-corrected chi connectivity index (χ3v) is 5.54. The van der Waals surface area contributed by atoms with Crippen LogP contribution in [0, 0.1) is 0 Å². The average Bonchev–Trinajstić information content (AvgIpc) is 2.72. The molecular weight excluding hydrogens is 374 g/mol. The van der Waals surface area contributed by atoms with Crippen LogP contribution in [0.5, 0.6) is 0 Å². The zero-order chi connectivity index (χ0) is 18.9. The molecule has 1 amide bonds. The number of amides is 1. The molecule has 3 aromatic carbocycles. The molecule has 1 N–H and O–H groups in total. The molecule has 0 aliphatic heterocycles. The van der Waals surface area contributed by atoms with Crippen molar-refractivity contribution in [2.24, 2.45) is 0 Å². The average molecular weight is 396 g/mol. The maximum Gasteiger partial charge on any atom is 0.251 e. The summed E-state index contributed by atoms with van der Waals surface area (Å²) < 4.78 is 0. The molecule has 0 unspecified atom stereocenters. The van der Waals surface area contributed by atoms with Gasteiger partial charge in [0.25, 0.3) is 5.91 Å². The Labute approximate surface area is 170 Å². The summed E-state index contributed by atoms with van der Waals surface area (Å²) in [5.41, 5.74) is 3.19. The van der Waals surface area contributed by atoms with E-state index in [0.717, 1.165) is 23.6 Å². The van der Waals surface area contributed by atoms with E-state index in [-0.39, 0.29) is 5.91 Å². The van der Waals surface area contributed by atoms with Crippen LogP contribution in [0.3, 0.4) is 0 Å². The van der Waals surface area contributed by atoms with E-state index in [9.17, 15) is 4.79 Å². The lowest BCUT2D eigenvalue weighted by Crippen LogP contribution is -2.24. The highest BCUT2D eigenvalue weighted by molar-refractivity contribution is 7.98. The molecule has 0 saturated carbocycles. The van der Waals surface area contributed by atoms with E-state index in [4.69, 9.17) is 11.6 Å². The van der Waals surface area contributed by atoms with Crippen molar-refractivity contribution in [3.05, 3.63) is 101 Å². The summed E-state index contributed by atoms with van der Waals surface area (Å²) in [5.74, 6) is 0.848. The van der Waals surface area contributed by atoms with Crippen LogP contribution in [0.25, 0.3) is 0 Å². The van der Waals surface area contributed by atoms with E-state index < -0.39 is 0 Å². The number of thioether (sulfide) groups is 1. The molecular formula is C23H22ClNOS. The smallest absolute Gasteiger partial charge is 0.251 e. The number of carbonyl (C=O) groups is 1. The minimum absolute atomic E-state index is 0.0139. The third-order valence-electron chi connectivity index (χ3n) is 4.21. The second-order valence-corrected chi connectivity index (χ2v) is 7.77. The first-order valence-electron chi connectivity index (χ1n) is 9.00. The molecule has 0 radical (unpaired) electrons. The highest BCUT2D eigenvalue weighted by atomic mass is 35.5. The minimum atomic E-state index is -0.0139. The van der Waals surface area contributed by atoms with Crippen LogP contribution >= 0.6 is 23.4 Å². The van der Waals surface area contributed by atoms with Gasteiger partial charge in [-0.05, 0) is 60.4 Å². The summed E-state index contributed by atoms with van der Waals surface area (Å²) in [7, 11) is 0. The molecule has 4 heteroatoms. The van der Waals surface area contributed by atoms with Gasteiger partial charge in [0.1, 0.15) is 0 Å². The third kappa shape index (κ3) is 6.46. The zero-order valence-corrected chi connectivity index (χ0v) is 16.6. The van der Waals surface area contributed by atoms with Crippen LogP contribution in [-0.2, 0) is 12.2 Å². The molecule has 0 heterocycles. The van der Waals surface area contributed by atoms with Crippen molar-refractivity contribution in [3.63, 3.8) is 0 Å². The van der Waals surface area contributed by atoms with Crippen molar-refractivity contribution in [3.8, 4) is 0 Å². The summed E-state index contributed by atoms with van der Waals surface area (Å²) in [4.78, 5) is 13.4. The molecule has 0 atom stereocenters. The highest BCUT2D eigenvalue weighted by Gasteiger charge is 2.05. The molecule has 138 valence electrons. The van der Waals surface area contributed by atoms with E-state index in [1.165, 1.54) is 16.0 Å². The van der Waals surface area contributed by atoms with E-state index in [2.05, 4.69) is 17.4 Å². The standard InChI is InChI=1S/C23H22ClNOS/c24-21-12-14-22(15-13-21)27-17-19-8-10-20(11-9-19)23(26)25-16-4-7-18-5-2-1-3-6-18/h1-3,5-6,8-15H,4,7,16-17H2,(H,25,26). The summed E-state index contributed by atoms with van der Waals surface area (Å²) >= 11 is 7.66. The molecule has 0 aromatic heterocycles. The number of hydrogen-bond acceptors (Lipinski definition) is 2. The van der Waals surface area contributed by atoms with Crippen LogP contribution in [0.1, 0.15) is 27.9 Å². The molecule has 3 rings (SSSR count). The summed E-state index contributed by atoms with van der Waals surface area (Å²) in [6, 6.07) is 26.0. The first-order chi connectivity index (χ1) is 13.2. The Bertz CT molecular complexity index is 848. The van der Waals surface area contributed by atoms with E-state index in [1.54, 1.807) is 11.8 Å². The molecule has 0 fully saturated rings. The maximum absolute atomic E-state index is 12.2. The fraction of sp³-hybridized carbons (Fsp3) is 0.174. The van der Waals surface area contributed by atoms with Gasteiger partial charge in [-0.2, -0.15) is 0 Å². The van der Waals surface area contributed by atoms with E-state index >= 15 is 0 Å². The lowest BCUT2D eigenvalue weighted by atomic mass is 10.1. The van der Waals surface area contributed by atoms with E-state index in [1.807, 2.05) is 66.7 Å². The maximum atomic E-state index is 12.2. The van der Waals surface area contributed by atoms with Crippen LogP contribution in [0.4, 0.5) is 0 Å². The van der Waals surface area contributed by atoms with Crippen molar-refractivity contribution in [1.29, 1.82) is 0 Å². The molecule has 0 aliphatic carbocycles. The van der Waals surface area contributed by atoms with Crippen LogP contribution < -0.4 is 5.32 Å². The first kappa shape index (κ1) is 19.5. The van der Waals surface area contributed by atoms with Gasteiger partial charge in [-0.1, -0.05) is 54.1 Å². The van der Waals surface area contributed by atoms with E-state index in [0.29, 0.717) is 12.1 Å². The van der Waals surface area contributed by atoms with Crippen molar-refractivity contribution >= 4 is 29.3 Å². The Kier molecular flexibility index (Phi) is 7.37. The number of aryl methyl sites for hydroxylation is 1. The van der Waals surface area contributed by atoms with Crippen molar-refractivity contribution < 1.29 is 4.79 Å². The zero-order valence-electron chi connectivity index (χ0n) is 15.0. The Morgan fingerprint density at radius 2 is 1.56 bits per heavy atom. The lowest BCUT2D eigenvalue weighted by molar-refractivity contribution is 0.0953. The number of nitrogens with one attached hydrogen (secondary N) is 1. The number of hydrogen-bond donors (Lipinski definition) is 1. The molecule has 0 bridgehead atoms. The normalized spacial score (nSPS) is 10.6. The van der Waals surface area contributed by atoms with Gasteiger partial charge in [0.05, 0.1) is 0 Å². The quantitative estimate of drug-likeness (QED) is 0.374. The van der Waals surface area contributed by atoms with Crippen molar-refractivity contribution in [1.82, 2.24) is 5.32 Å². The predicted molar refractivity (Wildman–Crippen MR) is 115 cm³/mol. The summed E-state index contributed by atoms with van der Waals surface area (Å²) in [6.07, 6.45) is 1.91. The van der Waals surface area contributed by atoms with Crippen LogP contribution in [-0.4, -0.2) is 12.5 Å². The monoisotopic (exact) mass is 395 g/mol. The number of benzene rings is 3. The van der Waals surface area contributed by atoms with Gasteiger partial charge in [0, 0.05) is 27.8 Å². The number of carbonyl (C=O) groups excluding carboxylic acids is 1. The summed E-state index contributed by atoms with van der Waals surface area (Å²) in [6.45, 7) is 0.682. The van der Waals surface area contributed by atoms with Gasteiger partial charge in [-0.3, -0.25) is 4.79 Å². The fourth-order valence-electron chi connectivity index (χ4n) is 2.69. The molecule has 3 aromatic rings. The Balaban J connectivity index is 1.42. The SMILES string of the molecule is O=C(NCCCc1ccccc1)c1ccc(CSc2ccc(Cl)cc2)cc1. The molecule has 0 saturated heterocycles. The van der Waals surface area contributed by atoms with Gasteiger partial charge in [-0.15, -0.1) is 11.8 Å². The van der Waals surface area contributed by atoms with Gasteiger partial charge in [0.2, 0.25) is 0 Å². The van der Waals surface area contributed by atoms with Crippen molar-refractivity contribution in [2.45, 2.75) is 23.5 Å². The predicted octanol–water partition coefficient (Wildman–Crippen LogP) is 5.99. The Morgan fingerprint density at radius 3 is 2.26 bits per heavy atom. The minimum Gasteiger partial charge on any atom is -0.352 e. The van der Waals surface area contributed by atoms with Gasteiger partial charge >= 0.3 is 0 Å². The lowest BCUT2D eigenvalue weighted by Gasteiger charge is -2.07. The largest absolute Gasteiger partial charge is 0.352 e. The van der Waals surface area contributed by atoms with Gasteiger partial charge in [0.15, 0.2) is 0 Å². The van der Waals surface area contributed by atoms with Gasteiger partial charge < -0.3 is 5.32 Å². The fourth-order valence-corrected chi connectivity index (χ4v) is 3.67. The molecule has 27 heavy (non-hydrogen) atoms. The molecule has 2 nitrogen and oxygen atoms in total. The van der Waals surface area contributed by atoms with Crippen molar-refractivity contribution in [2.75, 3.05) is 6.54 Å². The van der Waals surface area contributed by atoms with Gasteiger partial charge in [-0.25, -0.2) is 0 Å². The highest BCUT2D eigenvalue weighted by Crippen LogP contribution is 2.24. The Hall–Kier alpha value is -2.23. The van der Waals surface area contributed by atoms with Crippen LogP contribution in [0.2, 0.25) is 5.02 Å². The second kappa shape index (κ2) is 10.2. The van der Waals surface area contributed by atoms with Crippen LogP contribution in [0.15, 0.2) is 83.8 Å². The summed E-state index contributed by atoms with van der Waals surface area (Å²) in [5, 5.41) is 3.74. The topological polar surface area (TPSA) is 29.1 Å².